The summed E-state index contributed by atoms with van der Waals surface area (Å²) in [5.74, 6) is 0. The predicted molar refractivity (Wildman–Crippen MR) is 135 cm³/mol. The van der Waals surface area contributed by atoms with Gasteiger partial charge in [0.1, 0.15) is 0 Å². The average molecular weight is 601 g/mol. The van der Waals surface area contributed by atoms with Crippen molar-refractivity contribution in [1.29, 1.82) is 0 Å². The van der Waals surface area contributed by atoms with E-state index in [-0.39, 0.29) is 10.1 Å². The number of carbonyl (C=O) groups is 1. The molecule has 0 bridgehead atoms. The second kappa shape index (κ2) is 17.7. The first-order valence-electron chi connectivity index (χ1n) is 11.8. The molecule has 1 unspecified atom stereocenters. The summed E-state index contributed by atoms with van der Waals surface area (Å²) in [6, 6.07) is 20.9. The first kappa shape index (κ1) is 26.5. The zero-order valence-electron chi connectivity index (χ0n) is 19.0. The Balaban J connectivity index is 1.67. The van der Waals surface area contributed by atoms with Gasteiger partial charge in [0.2, 0.25) is 0 Å². The van der Waals surface area contributed by atoms with Crippen LogP contribution in [-0.4, -0.2) is 46.0 Å². The first-order chi connectivity index (χ1) is 15.3. The molecule has 1 atom stereocenters. The van der Waals surface area contributed by atoms with Crippen LogP contribution < -0.4 is 3.61 Å². The summed E-state index contributed by atoms with van der Waals surface area (Å²) in [6.07, 6.45) is 12.4. The fourth-order valence-corrected chi connectivity index (χ4v) is 7.47. The van der Waals surface area contributed by atoms with Crippen molar-refractivity contribution >= 4 is 43.5 Å². The Bertz CT molecular complexity index is 693. The van der Waals surface area contributed by atoms with Crippen LogP contribution in [0.15, 0.2) is 60.7 Å². The van der Waals surface area contributed by atoms with Crippen LogP contribution in [0, 0.1) is 0 Å². The fraction of sp³-hybridized carbons (Fsp3) is 0.519. The van der Waals surface area contributed by atoms with Crippen molar-refractivity contribution in [2.24, 2.45) is 0 Å². The molecule has 0 saturated carbocycles. The van der Waals surface area contributed by atoms with Crippen LogP contribution in [0.1, 0.15) is 76.7 Å². The van der Waals surface area contributed by atoms with Gasteiger partial charge >= 0.3 is 207 Å². The summed E-state index contributed by atoms with van der Waals surface area (Å²) in [5.41, 5.74) is 1.46. The van der Waals surface area contributed by atoms with Crippen LogP contribution in [-0.2, 0) is 10.1 Å². The van der Waals surface area contributed by atoms with E-state index in [1.807, 2.05) is 18.2 Å². The van der Waals surface area contributed by atoms with E-state index in [4.69, 9.17) is 4.74 Å². The van der Waals surface area contributed by atoms with Crippen molar-refractivity contribution in [3.63, 3.8) is 0 Å². The van der Waals surface area contributed by atoms with Crippen LogP contribution in [0.5, 0.6) is 0 Å². The van der Waals surface area contributed by atoms with Crippen molar-refractivity contribution in [2.45, 2.75) is 87.9 Å². The SMILES string of the molecule is CCCCCCCCC(CCCC[Se]Cc1ccccc1)OC(=O)[Te]c1ccccc1. The zero-order valence-corrected chi connectivity index (χ0v) is 23.0. The number of unbranched alkanes of at least 4 members (excludes halogenated alkanes) is 6. The number of hydrogen-bond acceptors (Lipinski definition) is 2. The molecule has 0 N–H and O–H groups in total. The molecular formula is C27H38O2SeTe. The van der Waals surface area contributed by atoms with Gasteiger partial charge in [-0.15, -0.1) is 0 Å². The summed E-state index contributed by atoms with van der Waals surface area (Å²) in [7, 11) is 0. The summed E-state index contributed by atoms with van der Waals surface area (Å²) in [6.45, 7) is 2.26. The van der Waals surface area contributed by atoms with Gasteiger partial charge in [-0.1, -0.05) is 0 Å². The third-order valence-corrected chi connectivity index (χ3v) is 9.80. The Morgan fingerprint density at radius 3 is 2.16 bits per heavy atom. The molecule has 0 radical (unpaired) electrons. The predicted octanol–water partition coefficient (Wildman–Crippen LogP) is 6.76. The average Bonchev–Trinajstić information content (AvgIpc) is 2.79. The zero-order chi connectivity index (χ0) is 22.0. The molecule has 0 fully saturated rings. The van der Waals surface area contributed by atoms with Gasteiger partial charge in [0.05, 0.1) is 0 Å². The second-order valence-corrected chi connectivity index (χ2v) is 13.2. The van der Waals surface area contributed by atoms with E-state index in [1.54, 1.807) is 0 Å². The monoisotopic (exact) mass is 604 g/mol. The Labute approximate surface area is 206 Å². The molecule has 2 aromatic carbocycles. The number of carbonyl (C=O) groups excluding carboxylic acids is 1. The van der Waals surface area contributed by atoms with Gasteiger partial charge in [-0.2, -0.15) is 0 Å². The summed E-state index contributed by atoms with van der Waals surface area (Å²) >= 11 is -0.233. The number of benzene rings is 2. The standard InChI is InChI=1S/C27H38O2SeTe/c1-2-3-4-5-6-11-18-25(29-27(28)31-26-20-12-8-13-21-26)19-14-15-22-30-23-24-16-9-7-10-17-24/h7-10,12-13,16-17,20-21,25H,2-6,11,14-15,18-19,22-23H2,1H3. The minimum atomic E-state index is -0.906. The molecule has 0 aliphatic heterocycles. The molecule has 4 heteroatoms. The molecule has 0 heterocycles. The van der Waals surface area contributed by atoms with Crippen molar-refractivity contribution < 1.29 is 9.53 Å². The van der Waals surface area contributed by atoms with Gasteiger partial charge in [-0.3, -0.25) is 0 Å². The number of ether oxygens (including phenoxy) is 1. The third-order valence-electron chi connectivity index (χ3n) is 5.26. The number of hydrogen-bond donors (Lipinski definition) is 0. The van der Waals surface area contributed by atoms with E-state index >= 15 is 0 Å². The van der Waals surface area contributed by atoms with Crippen LogP contribution in [0.4, 0.5) is 4.79 Å². The molecule has 31 heavy (non-hydrogen) atoms. The van der Waals surface area contributed by atoms with Crippen molar-refractivity contribution in [1.82, 2.24) is 0 Å². The van der Waals surface area contributed by atoms with Gasteiger partial charge in [-0.05, 0) is 0 Å². The summed E-state index contributed by atoms with van der Waals surface area (Å²) < 4.78 is 7.20. The molecule has 0 saturated heterocycles. The fourth-order valence-electron chi connectivity index (χ4n) is 3.50. The molecular weight excluding hydrogens is 563 g/mol. The van der Waals surface area contributed by atoms with Crippen LogP contribution in [0.2, 0.25) is 5.32 Å². The molecule has 2 rings (SSSR count). The Morgan fingerprint density at radius 2 is 1.45 bits per heavy atom. The molecule has 170 valence electrons. The van der Waals surface area contributed by atoms with E-state index in [9.17, 15) is 4.79 Å². The Morgan fingerprint density at radius 1 is 0.839 bits per heavy atom. The molecule has 0 amide bonds. The van der Waals surface area contributed by atoms with E-state index in [1.165, 1.54) is 71.2 Å². The quantitative estimate of drug-likeness (QED) is 0.148. The maximum atomic E-state index is 12.5. The minimum absolute atomic E-state index is 0.0564. The van der Waals surface area contributed by atoms with Crippen molar-refractivity contribution in [3.8, 4) is 0 Å². The summed E-state index contributed by atoms with van der Waals surface area (Å²) in [4.78, 5) is 12.5. The maximum absolute atomic E-state index is 12.5. The van der Waals surface area contributed by atoms with Gasteiger partial charge in [0.25, 0.3) is 0 Å². The molecule has 2 nitrogen and oxygen atoms in total. The topological polar surface area (TPSA) is 26.3 Å². The number of rotatable bonds is 17. The second-order valence-electron chi connectivity index (χ2n) is 8.00. The van der Waals surface area contributed by atoms with E-state index in [0.717, 1.165) is 12.8 Å². The van der Waals surface area contributed by atoms with Crippen molar-refractivity contribution in [2.75, 3.05) is 0 Å². The van der Waals surface area contributed by atoms with Gasteiger partial charge in [0.15, 0.2) is 0 Å². The van der Waals surface area contributed by atoms with E-state index < -0.39 is 20.9 Å². The van der Waals surface area contributed by atoms with Crippen LogP contribution >= 0.6 is 0 Å². The van der Waals surface area contributed by atoms with E-state index in [2.05, 4.69) is 49.4 Å². The van der Waals surface area contributed by atoms with Gasteiger partial charge < -0.3 is 0 Å². The first-order valence-corrected chi connectivity index (χ1v) is 16.6. The Hall–Kier alpha value is -0.781. The van der Waals surface area contributed by atoms with Gasteiger partial charge in [-0.25, -0.2) is 0 Å². The van der Waals surface area contributed by atoms with Crippen molar-refractivity contribution in [3.05, 3.63) is 66.2 Å². The van der Waals surface area contributed by atoms with Crippen LogP contribution in [0.25, 0.3) is 0 Å². The van der Waals surface area contributed by atoms with E-state index in [0.29, 0.717) is 15.0 Å². The normalized spacial score (nSPS) is 11.9. The third kappa shape index (κ3) is 13.4. The molecule has 0 aliphatic rings. The van der Waals surface area contributed by atoms with Crippen LogP contribution in [0.3, 0.4) is 0 Å². The molecule has 2 aromatic rings. The molecule has 0 spiro atoms. The van der Waals surface area contributed by atoms with Gasteiger partial charge in [0, 0.05) is 0 Å². The molecule has 0 aliphatic carbocycles. The summed E-state index contributed by atoms with van der Waals surface area (Å²) in [5, 5.41) is 2.55. The molecule has 0 aromatic heterocycles. The Kier molecular flexibility index (Phi) is 15.1.